The molecule has 8 heteroatoms. The summed E-state index contributed by atoms with van der Waals surface area (Å²) >= 11 is 0. The second kappa shape index (κ2) is 8.24. The van der Waals surface area contributed by atoms with Crippen LogP contribution in [-0.2, 0) is 23.8 Å². The minimum Gasteiger partial charge on any atom is -0.466 e. The van der Waals surface area contributed by atoms with E-state index in [9.17, 15) is 14.4 Å². The monoisotopic (exact) mass is 368 g/mol. The Kier molecular flexibility index (Phi) is 6.01. The number of nitrogens with zero attached hydrogens (tertiary/aromatic N) is 1. The largest absolute Gasteiger partial charge is 0.466 e. The van der Waals surface area contributed by atoms with Crippen molar-refractivity contribution >= 4 is 18.0 Å². The number of carbonyl (C=O) groups is 3. The van der Waals surface area contributed by atoms with Gasteiger partial charge < -0.3 is 14.2 Å². The van der Waals surface area contributed by atoms with Crippen LogP contribution in [0, 0.1) is 23.7 Å². The number of hydrogen-bond donors (Lipinski definition) is 1. The van der Waals surface area contributed by atoms with E-state index >= 15 is 0 Å². The molecular formula is C18H28N2O6. The SMILES string of the molecule is CCOC(=O)C1C2CCC(C2)[C@@H]1C(=O)N(NC(=O)OC)C1CCOCC1. The molecule has 1 heterocycles. The highest BCUT2D eigenvalue weighted by Crippen LogP contribution is 2.53. The van der Waals surface area contributed by atoms with Crippen molar-refractivity contribution in [3.63, 3.8) is 0 Å². The Morgan fingerprint density at radius 2 is 1.73 bits per heavy atom. The lowest BCUT2D eigenvalue weighted by Crippen LogP contribution is -2.57. The average molecular weight is 368 g/mol. The summed E-state index contributed by atoms with van der Waals surface area (Å²) in [6.07, 6.45) is 3.37. The molecule has 0 spiro atoms. The highest BCUT2D eigenvalue weighted by Gasteiger charge is 2.56. The lowest BCUT2D eigenvalue weighted by molar-refractivity contribution is -0.160. The van der Waals surface area contributed by atoms with Crippen LogP contribution in [0.3, 0.4) is 0 Å². The number of ether oxygens (including phenoxy) is 3. The summed E-state index contributed by atoms with van der Waals surface area (Å²) < 4.78 is 15.3. The van der Waals surface area contributed by atoms with Crippen LogP contribution in [0.5, 0.6) is 0 Å². The molecule has 26 heavy (non-hydrogen) atoms. The zero-order valence-electron chi connectivity index (χ0n) is 15.4. The number of nitrogens with one attached hydrogen (secondary N) is 1. The van der Waals surface area contributed by atoms with Crippen molar-refractivity contribution in [1.82, 2.24) is 10.4 Å². The van der Waals surface area contributed by atoms with Crippen molar-refractivity contribution < 1.29 is 28.6 Å². The zero-order chi connectivity index (χ0) is 18.7. The number of hydrogen-bond acceptors (Lipinski definition) is 6. The van der Waals surface area contributed by atoms with Gasteiger partial charge in [0.05, 0.1) is 31.6 Å². The second-order valence-corrected chi connectivity index (χ2v) is 7.29. The molecule has 1 saturated heterocycles. The Labute approximate surface area is 153 Å². The smallest absolute Gasteiger partial charge is 0.425 e. The standard InChI is InChI=1S/C18H28N2O6/c1-3-26-17(22)15-12-5-4-11(10-12)14(15)16(21)20(19-18(23)24-2)13-6-8-25-9-7-13/h11-15H,3-10H2,1-2H3,(H,19,23)/t11?,12?,14-,15?/m0/s1. The van der Waals surface area contributed by atoms with Crippen LogP contribution in [0.15, 0.2) is 0 Å². The molecule has 2 amide bonds. The lowest BCUT2D eigenvalue weighted by atomic mass is 9.78. The van der Waals surface area contributed by atoms with Crippen LogP contribution < -0.4 is 5.43 Å². The van der Waals surface area contributed by atoms with Crippen LogP contribution in [-0.4, -0.2) is 56.0 Å². The minimum absolute atomic E-state index is 0.155. The van der Waals surface area contributed by atoms with Crippen molar-refractivity contribution in [2.24, 2.45) is 23.7 Å². The molecule has 0 radical (unpaired) electrons. The van der Waals surface area contributed by atoms with Gasteiger partial charge in [-0.05, 0) is 50.9 Å². The van der Waals surface area contributed by atoms with E-state index in [0.29, 0.717) is 32.7 Å². The first kappa shape index (κ1) is 18.9. The number of esters is 1. The van der Waals surface area contributed by atoms with Crippen LogP contribution in [0.2, 0.25) is 0 Å². The van der Waals surface area contributed by atoms with Gasteiger partial charge in [-0.25, -0.2) is 15.2 Å². The summed E-state index contributed by atoms with van der Waals surface area (Å²) in [5, 5.41) is 1.39. The van der Waals surface area contributed by atoms with Crippen molar-refractivity contribution in [2.75, 3.05) is 26.9 Å². The molecule has 3 aliphatic rings. The first-order valence-corrected chi connectivity index (χ1v) is 9.48. The van der Waals surface area contributed by atoms with E-state index in [0.717, 1.165) is 19.3 Å². The molecule has 2 saturated carbocycles. The van der Waals surface area contributed by atoms with Gasteiger partial charge >= 0.3 is 12.1 Å². The Hall–Kier alpha value is -1.83. The summed E-state index contributed by atoms with van der Waals surface area (Å²) in [4.78, 5) is 37.7. The second-order valence-electron chi connectivity index (χ2n) is 7.29. The normalized spacial score (nSPS) is 30.7. The Morgan fingerprint density at radius 3 is 2.35 bits per heavy atom. The van der Waals surface area contributed by atoms with Gasteiger partial charge in [-0.1, -0.05) is 0 Å². The molecular weight excluding hydrogens is 340 g/mol. The molecule has 0 aromatic carbocycles. The maximum absolute atomic E-state index is 13.4. The van der Waals surface area contributed by atoms with Gasteiger partial charge in [0.15, 0.2) is 0 Å². The van der Waals surface area contributed by atoms with Gasteiger partial charge in [0.1, 0.15) is 0 Å². The Bertz CT molecular complexity index is 548. The number of carbonyl (C=O) groups excluding carboxylic acids is 3. The van der Waals surface area contributed by atoms with Crippen LogP contribution in [0.1, 0.15) is 39.0 Å². The van der Waals surface area contributed by atoms with E-state index in [1.807, 2.05) is 0 Å². The predicted molar refractivity (Wildman–Crippen MR) is 90.7 cm³/mol. The maximum Gasteiger partial charge on any atom is 0.425 e. The Balaban J connectivity index is 1.81. The Morgan fingerprint density at radius 1 is 1.08 bits per heavy atom. The molecule has 0 aromatic rings. The molecule has 4 atom stereocenters. The third-order valence-corrected chi connectivity index (χ3v) is 5.95. The first-order valence-electron chi connectivity index (χ1n) is 9.48. The summed E-state index contributed by atoms with van der Waals surface area (Å²) in [6, 6.07) is -0.155. The van der Waals surface area contributed by atoms with Crippen molar-refractivity contribution in [1.29, 1.82) is 0 Å². The van der Waals surface area contributed by atoms with Crippen LogP contribution in [0.25, 0.3) is 0 Å². The molecule has 3 unspecified atom stereocenters. The van der Waals surface area contributed by atoms with Crippen LogP contribution in [0.4, 0.5) is 4.79 Å². The van der Waals surface area contributed by atoms with E-state index in [1.54, 1.807) is 6.92 Å². The van der Waals surface area contributed by atoms with Gasteiger partial charge in [-0.3, -0.25) is 9.59 Å². The van der Waals surface area contributed by atoms with Crippen molar-refractivity contribution in [3.8, 4) is 0 Å². The third kappa shape index (κ3) is 3.65. The van der Waals surface area contributed by atoms with Gasteiger partial charge in [0, 0.05) is 13.2 Å². The maximum atomic E-state index is 13.4. The van der Waals surface area contributed by atoms with E-state index in [4.69, 9.17) is 14.2 Å². The first-order chi connectivity index (χ1) is 12.6. The molecule has 2 bridgehead atoms. The van der Waals surface area contributed by atoms with Crippen molar-refractivity contribution in [3.05, 3.63) is 0 Å². The fourth-order valence-corrected chi connectivity index (χ4v) is 4.80. The number of amides is 2. The van der Waals surface area contributed by atoms with E-state index in [2.05, 4.69) is 5.43 Å². The van der Waals surface area contributed by atoms with Gasteiger partial charge in [-0.15, -0.1) is 0 Å². The molecule has 1 N–H and O–H groups in total. The molecule has 8 nitrogen and oxygen atoms in total. The number of hydrazine groups is 1. The third-order valence-electron chi connectivity index (χ3n) is 5.95. The molecule has 146 valence electrons. The predicted octanol–water partition coefficient (Wildman–Crippen LogP) is 1.49. The average Bonchev–Trinajstić information content (AvgIpc) is 3.27. The minimum atomic E-state index is -0.680. The number of fused-ring (bicyclic) bond motifs is 2. The van der Waals surface area contributed by atoms with Gasteiger partial charge in [-0.2, -0.15) is 0 Å². The number of methoxy groups -OCH3 is 1. The quantitative estimate of drug-likeness (QED) is 0.597. The van der Waals surface area contributed by atoms with E-state index < -0.39 is 17.9 Å². The molecule has 0 aromatic heterocycles. The van der Waals surface area contributed by atoms with Crippen molar-refractivity contribution in [2.45, 2.75) is 45.1 Å². The molecule has 2 aliphatic carbocycles. The molecule has 3 fully saturated rings. The number of rotatable bonds is 4. The molecule has 1 aliphatic heterocycles. The fourth-order valence-electron chi connectivity index (χ4n) is 4.80. The summed E-state index contributed by atoms with van der Waals surface area (Å²) in [7, 11) is 1.26. The van der Waals surface area contributed by atoms with Crippen LogP contribution >= 0.6 is 0 Å². The summed E-state index contributed by atoms with van der Waals surface area (Å²) in [5.41, 5.74) is 2.58. The van der Waals surface area contributed by atoms with E-state index in [-0.39, 0.29) is 29.8 Å². The fraction of sp³-hybridized carbons (Fsp3) is 0.833. The van der Waals surface area contributed by atoms with Gasteiger partial charge in [0.25, 0.3) is 0 Å². The van der Waals surface area contributed by atoms with Gasteiger partial charge in [0.2, 0.25) is 5.91 Å². The molecule has 3 rings (SSSR count). The summed E-state index contributed by atoms with van der Waals surface area (Å²) in [6.45, 7) is 3.15. The lowest BCUT2D eigenvalue weighted by Gasteiger charge is -2.38. The van der Waals surface area contributed by atoms with E-state index in [1.165, 1.54) is 12.1 Å². The highest BCUT2D eigenvalue weighted by molar-refractivity contribution is 5.88. The summed E-state index contributed by atoms with van der Waals surface area (Å²) in [5.74, 6) is -0.974. The topological polar surface area (TPSA) is 94.2 Å². The zero-order valence-corrected chi connectivity index (χ0v) is 15.4. The highest BCUT2D eigenvalue weighted by atomic mass is 16.5.